The monoisotopic (exact) mass is 361 g/mol. The fourth-order valence-corrected chi connectivity index (χ4v) is 2.72. The molecule has 9 heteroatoms. The van der Waals surface area contributed by atoms with Crippen molar-refractivity contribution in [2.24, 2.45) is 0 Å². The molecule has 0 saturated carbocycles. The van der Waals surface area contributed by atoms with Crippen molar-refractivity contribution in [3.05, 3.63) is 59.7 Å². The number of anilines is 1. The Hall–Kier alpha value is -2.81. The van der Waals surface area contributed by atoms with Gasteiger partial charge in [-0.3, -0.25) is 4.79 Å². The number of carbonyl (C=O) groups is 1. The second-order valence-electron chi connectivity index (χ2n) is 5.17. The number of tetrazole rings is 1. The van der Waals surface area contributed by atoms with E-state index in [9.17, 15) is 13.6 Å². The highest BCUT2D eigenvalue weighted by molar-refractivity contribution is 7.99. The van der Waals surface area contributed by atoms with Crippen LogP contribution in [0.1, 0.15) is 5.56 Å². The van der Waals surface area contributed by atoms with Crippen LogP contribution >= 0.6 is 11.8 Å². The number of carbonyl (C=O) groups excluding carboxylic acids is 1. The van der Waals surface area contributed by atoms with Gasteiger partial charge in [-0.2, -0.15) is 4.68 Å². The second-order valence-corrected chi connectivity index (χ2v) is 6.11. The van der Waals surface area contributed by atoms with Gasteiger partial charge in [0.25, 0.3) is 0 Å². The number of aryl methyl sites for hydroxylation is 1. The van der Waals surface area contributed by atoms with Gasteiger partial charge >= 0.3 is 0 Å². The number of hydrogen-bond donors (Lipinski definition) is 1. The number of rotatable bonds is 5. The lowest BCUT2D eigenvalue weighted by Gasteiger charge is -2.07. The van der Waals surface area contributed by atoms with Crippen LogP contribution in [0.15, 0.2) is 47.6 Å². The van der Waals surface area contributed by atoms with Crippen molar-refractivity contribution in [3.63, 3.8) is 0 Å². The predicted octanol–water partition coefficient (Wildman–Crippen LogP) is 2.98. The highest BCUT2D eigenvalue weighted by atomic mass is 32.2. The maximum atomic E-state index is 13.5. The minimum absolute atomic E-state index is 0.0534. The number of thioether (sulfide) groups is 1. The van der Waals surface area contributed by atoms with E-state index in [4.69, 9.17) is 0 Å². The highest BCUT2D eigenvalue weighted by Crippen LogP contribution is 2.20. The van der Waals surface area contributed by atoms with Gasteiger partial charge in [0, 0.05) is 6.07 Å². The summed E-state index contributed by atoms with van der Waals surface area (Å²) in [7, 11) is 0. The zero-order valence-electron chi connectivity index (χ0n) is 13.1. The summed E-state index contributed by atoms with van der Waals surface area (Å²) >= 11 is 1.09. The van der Waals surface area contributed by atoms with E-state index in [1.165, 1.54) is 4.68 Å². The molecule has 0 spiro atoms. The molecule has 0 atom stereocenters. The van der Waals surface area contributed by atoms with E-state index < -0.39 is 17.5 Å². The largest absolute Gasteiger partial charge is 0.323 e. The van der Waals surface area contributed by atoms with Gasteiger partial charge < -0.3 is 5.32 Å². The lowest BCUT2D eigenvalue weighted by Crippen LogP contribution is -2.15. The van der Waals surface area contributed by atoms with Gasteiger partial charge in [-0.25, -0.2) is 8.78 Å². The minimum atomic E-state index is -0.704. The van der Waals surface area contributed by atoms with Crippen LogP contribution in [0.3, 0.4) is 0 Å². The van der Waals surface area contributed by atoms with E-state index in [0.29, 0.717) is 5.16 Å². The van der Waals surface area contributed by atoms with E-state index in [1.54, 1.807) is 0 Å². The summed E-state index contributed by atoms with van der Waals surface area (Å²) in [6.07, 6.45) is 0. The number of aromatic nitrogens is 4. The summed E-state index contributed by atoms with van der Waals surface area (Å²) in [6.45, 7) is 1.97. The second kappa shape index (κ2) is 7.39. The van der Waals surface area contributed by atoms with Crippen LogP contribution in [0.2, 0.25) is 0 Å². The van der Waals surface area contributed by atoms with Crippen LogP contribution in [-0.2, 0) is 4.79 Å². The number of amides is 1. The van der Waals surface area contributed by atoms with Crippen molar-refractivity contribution in [2.75, 3.05) is 11.1 Å². The Labute approximate surface area is 146 Å². The first-order valence-electron chi connectivity index (χ1n) is 7.26. The molecule has 6 nitrogen and oxygen atoms in total. The van der Waals surface area contributed by atoms with Gasteiger partial charge in [-0.1, -0.05) is 29.5 Å². The van der Waals surface area contributed by atoms with Gasteiger partial charge in [0.2, 0.25) is 11.1 Å². The van der Waals surface area contributed by atoms with Gasteiger partial charge in [-0.15, -0.1) is 5.10 Å². The molecule has 3 rings (SSSR count). The third kappa shape index (κ3) is 4.18. The molecular weight excluding hydrogens is 348 g/mol. The maximum absolute atomic E-state index is 13.5. The highest BCUT2D eigenvalue weighted by Gasteiger charge is 2.13. The Kier molecular flexibility index (Phi) is 5.03. The van der Waals surface area contributed by atoms with Crippen molar-refractivity contribution < 1.29 is 13.6 Å². The molecule has 2 aromatic carbocycles. The first kappa shape index (κ1) is 17.0. The quantitative estimate of drug-likeness (QED) is 0.708. The van der Waals surface area contributed by atoms with E-state index in [0.717, 1.165) is 41.2 Å². The molecule has 0 aliphatic rings. The summed E-state index contributed by atoms with van der Waals surface area (Å²) in [5.74, 6) is -1.88. The number of benzene rings is 2. The molecule has 128 valence electrons. The normalized spacial score (nSPS) is 10.7. The summed E-state index contributed by atoms with van der Waals surface area (Å²) in [5.41, 5.74) is 1.65. The van der Waals surface area contributed by atoms with Gasteiger partial charge in [-0.05, 0) is 41.6 Å². The number of nitrogens with zero attached hydrogens (tertiary/aromatic N) is 4. The minimum Gasteiger partial charge on any atom is -0.323 e. The molecule has 0 aliphatic heterocycles. The van der Waals surface area contributed by atoms with Crippen molar-refractivity contribution in [3.8, 4) is 5.69 Å². The molecule has 1 heterocycles. The van der Waals surface area contributed by atoms with Gasteiger partial charge in [0.1, 0.15) is 11.6 Å². The average molecular weight is 361 g/mol. The van der Waals surface area contributed by atoms with Crippen molar-refractivity contribution in [1.29, 1.82) is 0 Å². The molecule has 1 N–H and O–H groups in total. The molecular formula is C16H13F2N5OS. The Balaban J connectivity index is 1.66. The van der Waals surface area contributed by atoms with E-state index in [-0.39, 0.29) is 11.4 Å². The lowest BCUT2D eigenvalue weighted by molar-refractivity contribution is -0.113. The smallest absolute Gasteiger partial charge is 0.234 e. The standard InChI is InChI=1S/C16H13F2N5OS/c1-10-2-5-12(6-3-10)23-16(20-21-22-23)25-9-15(24)19-14-8-11(17)4-7-13(14)18/h2-8H,9H2,1H3,(H,19,24). The Morgan fingerprint density at radius 2 is 1.96 bits per heavy atom. The molecule has 25 heavy (non-hydrogen) atoms. The molecule has 0 aliphatic carbocycles. The number of halogens is 2. The van der Waals surface area contributed by atoms with Crippen molar-refractivity contribution in [2.45, 2.75) is 12.1 Å². The Bertz CT molecular complexity index is 898. The first-order valence-corrected chi connectivity index (χ1v) is 8.24. The Morgan fingerprint density at radius 3 is 2.72 bits per heavy atom. The SMILES string of the molecule is Cc1ccc(-n2nnnc2SCC(=O)Nc2cc(F)ccc2F)cc1. The van der Waals surface area contributed by atoms with Crippen LogP contribution in [0, 0.1) is 18.6 Å². The zero-order chi connectivity index (χ0) is 17.8. The first-order chi connectivity index (χ1) is 12.0. The maximum Gasteiger partial charge on any atom is 0.234 e. The summed E-state index contributed by atoms with van der Waals surface area (Å²) < 4.78 is 28.2. The van der Waals surface area contributed by atoms with Gasteiger partial charge in [0.05, 0.1) is 17.1 Å². The van der Waals surface area contributed by atoms with Crippen LogP contribution in [0.4, 0.5) is 14.5 Å². The summed E-state index contributed by atoms with van der Waals surface area (Å²) in [5, 5.41) is 14.1. The van der Waals surface area contributed by atoms with Crippen LogP contribution in [0.5, 0.6) is 0 Å². The third-order valence-corrected chi connectivity index (χ3v) is 4.17. The van der Waals surface area contributed by atoms with E-state index in [2.05, 4.69) is 20.8 Å². The Morgan fingerprint density at radius 1 is 1.20 bits per heavy atom. The molecule has 0 bridgehead atoms. The average Bonchev–Trinajstić information content (AvgIpc) is 3.05. The van der Waals surface area contributed by atoms with E-state index in [1.807, 2.05) is 31.2 Å². The summed E-state index contributed by atoms with van der Waals surface area (Å²) in [4.78, 5) is 12.0. The zero-order valence-corrected chi connectivity index (χ0v) is 13.9. The molecule has 0 radical (unpaired) electrons. The van der Waals surface area contributed by atoms with Gasteiger partial charge in [0.15, 0.2) is 0 Å². The molecule has 1 aromatic heterocycles. The fraction of sp³-hybridized carbons (Fsp3) is 0.125. The van der Waals surface area contributed by atoms with Crippen molar-refractivity contribution in [1.82, 2.24) is 20.2 Å². The molecule has 0 fully saturated rings. The van der Waals surface area contributed by atoms with Crippen LogP contribution in [0.25, 0.3) is 5.69 Å². The number of nitrogens with one attached hydrogen (secondary N) is 1. The molecule has 0 unspecified atom stereocenters. The van der Waals surface area contributed by atoms with Crippen LogP contribution < -0.4 is 5.32 Å². The molecule has 3 aromatic rings. The lowest BCUT2D eigenvalue weighted by atomic mass is 10.2. The van der Waals surface area contributed by atoms with E-state index >= 15 is 0 Å². The predicted molar refractivity (Wildman–Crippen MR) is 89.6 cm³/mol. The third-order valence-electron chi connectivity index (χ3n) is 3.25. The fourth-order valence-electron chi connectivity index (χ4n) is 2.03. The topological polar surface area (TPSA) is 72.7 Å². The number of hydrogen-bond acceptors (Lipinski definition) is 5. The van der Waals surface area contributed by atoms with Crippen LogP contribution in [-0.4, -0.2) is 31.9 Å². The summed E-state index contributed by atoms with van der Waals surface area (Å²) in [6, 6.07) is 10.4. The molecule has 0 saturated heterocycles. The van der Waals surface area contributed by atoms with Crippen molar-refractivity contribution >= 4 is 23.4 Å². The molecule has 1 amide bonds.